The Labute approximate surface area is 98.6 Å². The van der Waals surface area contributed by atoms with E-state index in [4.69, 9.17) is 5.26 Å². The average molecular weight is 236 g/mol. The molecule has 0 amide bonds. The van der Waals surface area contributed by atoms with Gasteiger partial charge in [-0.3, -0.25) is 14.9 Å². The van der Waals surface area contributed by atoms with E-state index in [1.165, 1.54) is 12.1 Å². The highest BCUT2D eigenvalue weighted by atomic mass is 16.6. The zero-order valence-corrected chi connectivity index (χ0v) is 9.33. The van der Waals surface area contributed by atoms with Gasteiger partial charge in [0.2, 0.25) is 0 Å². The first-order chi connectivity index (χ1) is 8.11. The van der Waals surface area contributed by atoms with Crippen molar-refractivity contribution in [3.63, 3.8) is 0 Å². The van der Waals surface area contributed by atoms with Crippen LogP contribution in [-0.2, 0) is 9.53 Å². The Balaban J connectivity index is 0.000000304. The standard InChI is InChI=1S/C6H5NO2.C5H7NO2/c8-7(9)6-4-2-1-3-5-6;1-2-8-5(7)3-4-6/h1-5H;2-3H2,1H3. The molecule has 0 unspecified atom stereocenters. The minimum Gasteiger partial charge on any atom is -0.465 e. The van der Waals surface area contributed by atoms with E-state index >= 15 is 0 Å². The molecule has 0 aliphatic carbocycles. The predicted molar refractivity (Wildman–Crippen MR) is 60.0 cm³/mol. The van der Waals surface area contributed by atoms with Crippen molar-refractivity contribution < 1.29 is 14.5 Å². The van der Waals surface area contributed by atoms with Crippen molar-refractivity contribution in [2.75, 3.05) is 6.61 Å². The van der Waals surface area contributed by atoms with Crippen molar-refractivity contribution >= 4 is 11.7 Å². The first-order valence-corrected chi connectivity index (χ1v) is 4.83. The number of nitro benzene ring substituents is 1. The van der Waals surface area contributed by atoms with E-state index in [0.717, 1.165) is 0 Å². The molecular formula is C11H12N2O4. The minimum absolute atomic E-state index is 0.137. The van der Waals surface area contributed by atoms with Crippen LogP contribution in [-0.4, -0.2) is 17.5 Å². The summed E-state index contributed by atoms with van der Waals surface area (Å²) in [6.07, 6.45) is -0.145. The SMILES string of the molecule is CCOC(=O)CC#N.O=[N+]([O-])c1ccccc1. The normalized spacial score (nSPS) is 8.24. The Morgan fingerprint density at radius 1 is 1.47 bits per heavy atom. The molecule has 17 heavy (non-hydrogen) atoms. The maximum atomic E-state index is 10.2. The first kappa shape index (κ1) is 14.6. The van der Waals surface area contributed by atoms with Crippen molar-refractivity contribution in [1.29, 1.82) is 5.26 Å². The topological polar surface area (TPSA) is 93.2 Å². The van der Waals surface area contributed by atoms with Crippen LogP contribution in [0.2, 0.25) is 0 Å². The Kier molecular flexibility index (Phi) is 7.59. The Morgan fingerprint density at radius 2 is 2.06 bits per heavy atom. The minimum atomic E-state index is -0.449. The summed E-state index contributed by atoms with van der Waals surface area (Å²) in [4.78, 5) is 19.8. The average Bonchev–Trinajstić information content (AvgIpc) is 2.32. The van der Waals surface area contributed by atoms with Crippen LogP contribution in [0.5, 0.6) is 0 Å². The highest BCUT2D eigenvalue weighted by Crippen LogP contribution is 2.06. The van der Waals surface area contributed by atoms with Crippen LogP contribution < -0.4 is 0 Å². The summed E-state index contributed by atoms with van der Waals surface area (Å²) in [5.74, 6) is -0.449. The van der Waals surface area contributed by atoms with Crippen molar-refractivity contribution in [2.24, 2.45) is 0 Å². The molecule has 0 N–H and O–H groups in total. The zero-order valence-electron chi connectivity index (χ0n) is 9.33. The van der Waals surface area contributed by atoms with E-state index < -0.39 is 10.9 Å². The number of nitrogens with zero attached hydrogens (tertiary/aromatic N) is 2. The lowest BCUT2D eigenvalue weighted by Crippen LogP contribution is -2.01. The third-order valence-corrected chi connectivity index (χ3v) is 1.50. The third-order valence-electron chi connectivity index (χ3n) is 1.50. The van der Waals surface area contributed by atoms with Gasteiger partial charge in [-0.1, -0.05) is 18.2 Å². The number of nitriles is 1. The fourth-order valence-electron chi connectivity index (χ4n) is 0.826. The summed E-state index contributed by atoms with van der Waals surface area (Å²) < 4.78 is 4.42. The number of carbonyl (C=O) groups is 1. The Hall–Kier alpha value is -2.42. The number of carbonyl (C=O) groups excluding carboxylic acids is 1. The smallest absolute Gasteiger partial charge is 0.320 e. The molecule has 0 atom stereocenters. The number of hydrogen-bond donors (Lipinski definition) is 0. The molecule has 0 saturated carbocycles. The van der Waals surface area contributed by atoms with E-state index in [1.807, 2.05) is 0 Å². The molecule has 0 spiro atoms. The largest absolute Gasteiger partial charge is 0.465 e. The summed E-state index contributed by atoms with van der Waals surface area (Å²) >= 11 is 0. The quantitative estimate of drug-likeness (QED) is 0.455. The van der Waals surface area contributed by atoms with Gasteiger partial charge in [0.25, 0.3) is 5.69 Å². The molecule has 90 valence electrons. The second kappa shape index (κ2) is 8.85. The van der Waals surface area contributed by atoms with Gasteiger partial charge in [-0.05, 0) is 6.92 Å². The van der Waals surface area contributed by atoms with E-state index in [1.54, 1.807) is 31.2 Å². The van der Waals surface area contributed by atoms with Crippen LogP contribution >= 0.6 is 0 Å². The monoisotopic (exact) mass is 236 g/mol. The maximum absolute atomic E-state index is 10.2. The second-order valence-electron chi connectivity index (χ2n) is 2.73. The van der Waals surface area contributed by atoms with Gasteiger partial charge in [0.15, 0.2) is 0 Å². The number of non-ortho nitro benzene ring substituents is 1. The predicted octanol–water partition coefficient (Wildman–Crippen LogP) is 2.06. The van der Waals surface area contributed by atoms with Gasteiger partial charge in [-0.15, -0.1) is 0 Å². The highest BCUT2D eigenvalue weighted by Gasteiger charge is 1.98. The Bertz CT molecular complexity index is 398. The maximum Gasteiger partial charge on any atom is 0.320 e. The Morgan fingerprint density at radius 3 is 2.41 bits per heavy atom. The highest BCUT2D eigenvalue weighted by molar-refractivity contribution is 5.71. The van der Waals surface area contributed by atoms with E-state index in [2.05, 4.69) is 4.74 Å². The van der Waals surface area contributed by atoms with Crippen LogP contribution in [0, 0.1) is 21.4 Å². The first-order valence-electron chi connectivity index (χ1n) is 4.83. The summed E-state index contributed by atoms with van der Waals surface area (Å²) in [6.45, 7) is 2.05. The lowest BCUT2D eigenvalue weighted by Gasteiger charge is -1.92. The van der Waals surface area contributed by atoms with Gasteiger partial charge in [-0.25, -0.2) is 0 Å². The number of ether oxygens (including phenoxy) is 1. The molecule has 0 aliphatic rings. The van der Waals surface area contributed by atoms with Crippen molar-refractivity contribution in [3.8, 4) is 6.07 Å². The van der Waals surface area contributed by atoms with Gasteiger partial charge in [0.05, 0.1) is 17.6 Å². The molecule has 0 fully saturated rings. The molecule has 0 aliphatic heterocycles. The molecule has 1 aromatic carbocycles. The van der Waals surface area contributed by atoms with Crippen molar-refractivity contribution in [2.45, 2.75) is 13.3 Å². The number of para-hydroxylation sites is 1. The lowest BCUT2D eigenvalue weighted by molar-refractivity contribution is -0.384. The van der Waals surface area contributed by atoms with Gasteiger partial charge in [0.1, 0.15) is 6.42 Å². The molecule has 1 aromatic rings. The molecule has 0 aromatic heterocycles. The summed E-state index contributed by atoms with van der Waals surface area (Å²) in [7, 11) is 0. The fraction of sp³-hybridized carbons (Fsp3) is 0.273. The van der Waals surface area contributed by atoms with Crippen LogP contribution in [0.25, 0.3) is 0 Å². The number of benzene rings is 1. The molecule has 6 nitrogen and oxygen atoms in total. The van der Waals surface area contributed by atoms with Crippen LogP contribution in [0.1, 0.15) is 13.3 Å². The van der Waals surface area contributed by atoms with Crippen molar-refractivity contribution in [3.05, 3.63) is 40.4 Å². The van der Waals surface area contributed by atoms with E-state index in [9.17, 15) is 14.9 Å². The van der Waals surface area contributed by atoms with Gasteiger partial charge in [-0.2, -0.15) is 5.26 Å². The molecule has 6 heteroatoms. The van der Waals surface area contributed by atoms with Gasteiger partial charge < -0.3 is 4.74 Å². The third kappa shape index (κ3) is 7.50. The molecular weight excluding hydrogens is 224 g/mol. The number of esters is 1. The molecule has 0 saturated heterocycles. The lowest BCUT2D eigenvalue weighted by atomic mass is 10.3. The van der Waals surface area contributed by atoms with Crippen LogP contribution in [0.4, 0.5) is 5.69 Å². The molecule has 1 rings (SSSR count). The fourth-order valence-corrected chi connectivity index (χ4v) is 0.826. The molecule has 0 heterocycles. The molecule has 0 radical (unpaired) electrons. The van der Waals surface area contributed by atoms with E-state index in [-0.39, 0.29) is 12.1 Å². The number of rotatable bonds is 3. The molecule has 0 bridgehead atoms. The number of nitro groups is 1. The second-order valence-corrected chi connectivity index (χ2v) is 2.73. The summed E-state index contributed by atoms with van der Waals surface area (Å²) in [6, 6.07) is 9.61. The zero-order chi connectivity index (χ0) is 13.1. The van der Waals surface area contributed by atoms with Gasteiger partial charge >= 0.3 is 5.97 Å². The van der Waals surface area contributed by atoms with Gasteiger partial charge in [0, 0.05) is 12.1 Å². The summed E-state index contributed by atoms with van der Waals surface area (Å²) in [5.41, 5.74) is 0.137. The van der Waals surface area contributed by atoms with Crippen LogP contribution in [0.15, 0.2) is 30.3 Å². The number of hydrogen-bond acceptors (Lipinski definition) is 5. The van der Waals surface area contributed by atoms with Crippen LogP contribution in [0.3, 0.4) is 0 Å². The van der Waals surface area contributed by atoms with Crippen molar-refractivity contribution in [1.82, 2.24) is 0 Å². The summed E-state index contributed by atoms with van der Waals surface area (Å²) in [5, 5.41) is 17.9. The van der Waals surface area contributed by atoms with E-state index in [0.29, 0.717) is 6.61 Å².